The van der Waals surface area contributed by atoms with Gasteiger partial charge in [-0.1, -0.05) is 109 Å². The summed E-state index contributed by atoms with van der Waals surface area (Å²) in [6.07, 6.45) is 0. The summed E-state index contributed by atoms with van der Waals surface area (Å²) in [5.74, 6) is 0. The average Bonchev–Trinajstić information content (AvgIpc) is 2.69. The zero-order valence-electron chi connectivity index (χ0n) is 13.9. The van der Waals surface area contributed by atoms with Gasteiger partial charge in [0, 0.05) is 0 Å². The molecule has 0 aromatic heterocycles. The van der Waals surface area contributed by atoms with Gasteiger partial charge in [0.2, 0.25) is 0 Å². The van der Waals surface area contributed by atoms with E-state index in [1.807, 2.05) is 12.1 Å². The predicted octanol–water partition coefficient (Wildman–Crippen LogP) is 5.48. The topological polar surface area (TPSA) is 0 Å². The summed E-state index contributed by atoms with van der Waals surface area (Å²) in [6, 6.07) is 35.7. The fraction of sp³-hybridized carbons (Fsp3) is 0. The number of rotatable bonds is 3. The van der Waals surface area contributed by atoms with Crippen LogP contribution in [0.2, 0.25) is 0 Å². The summed E-state index contributed by atoms with van der Waals surface area (Å²) in [6.45, 7) is 0. The highest BCUT2D eigenvalue weighted by atomic mass is 14.1. The summed E-state index contributed by atoms with van der Waals surface area (Å²) in [5.41, 5.74) is 8.11. The van der Waals surface area contributed by atoms with Crippen molar-refractivity contribution in [2.45, 2.75) is 0 Å². The van der Waals surface area contributed by atoms with Crippen molar-refractivity contribution in [1.29, 1.82) is 0 Å². The molecule has 1 heteroatoms. The van der Waals surface area contributed by atoms with Gasteiger partial charge in [-0.15, -0.1) is 0 Å². The Kier molecular flexibility index (Phi) is 4.22. The van der Waals surface area contributed by atoms with Crippen LogP contribution in [0.15, 0.2) is 103 Å². The highest BCUT2D eigenvalue weighted by molar-refractivity contribution is 6.32. The number of hydrogen-bond donors (Lipinski definition) is 0. The lowest BCUT2D eigenvalue weighted by Gasteiger charge is -2.15. The van der Waals surface area contributed by atoms with Crippen LogP contribution >= 0.6 is 0 Å². The summed E-state index contributed by atoms with van der Waals surface area (Å²) in [5, 5.41) is 0. The molecular weight excluding hydrogens is 299 g/mol. The van der Waals surface area contributed by atoms with Crippen LogP contribution in [0.1, 0.15) is 0 Å². The Hall–Kier alpha value is -3.06. The Morgan fingerprint density at radius 1 is 0.360 bits per heavy atom. The first-order valence-corrected chi connectivity index (χ1v) is 8.43. The fourth-order valence-electron chi connectivity index (χ4n) is 3.22. The van der Waals surface area contributed by atoms with Crippen molar-refractivity contribution < 1.29 is 0 Å². The average molecular weight is 316 g/mol. The molecule has 0 saturated heterocycles. The molecule has 25 heavy (non-hydrogen) atoms. The highest BCUT2D eigenvalue weighted by Gasteiger charge is 2.11. The van der Waals surface area contributed by atoms with E-state index in [1.54, 1.807) is 0 Å². The molecule has 0 fully saturated rings. The van der Waals surface area contributed by atoms with Crippen molar-refractivity contribution in [1.82, 2.24) is 0 Å². The van der Waals surface area contributed by atoms with Crippen LogP contribution in [-0.4, -0.2) is 7.85 Å². The molecular formula is C24H17B. The molecule has 0 bridgehead atoms. The molecule has 0 heterocycles. The normalized spacial score (nSPS) is 10.6. The first-order valence-electron chi connectivity index (χ1n) is 8.43. The minimum Gasteiger partial charge on any atom is -0.0966 e. The maximum absolute atomic E-state index is 5.85. The molecule has 0 unspecified atom stereocenters. The second kappa shape index (κ2) is 6.82. The molecule has 0 aliphatic rings. The molecule has 0 N–H and O–H groups in total. The molecule has 0 aliphatic carbocycles. The maximum atomic E-state index is 5.85. The van der Waals surface area contributed by atoms with Gasteiger partial charge in [0.15, 0.2) is 0 Å². The van der Waals surface area contributed by atoms with Gasteiger partial charge in [0.25, 0.3) is 0 Å². The minimum atomic E-state index is 0.783. The summed E-state index contributed by atoms with van der Waals surface area (Å²) < 4.78 is 0. The Morgan fingerprint density at radius 3 is 1.28 bits per heavy atom. The molecule has 4 rings (SSSR count). The van der Waals surface area contributed by atoms with Gasteiger partial charge in [0.1, 0.15) is 7.85 Å². The van der Waals surface area contributed by atoms with Gasteiger partial charge in [-0.05, 0) is 33.4 Å². The lowest BCUT2D eigenvalue weighted by molar-refractivity contribution is 1.57. The first-order chi connectivity index (χ1) is 12.3. The SMILES string of the molecule is [B]c1ccc(-c2ccccc2-c2ccccc2-c2ccccc2)cc1. The summed E-state index contributed by atoms with van der Waals surface area (Å²) in [4.78, 5) is 0. The van der Waals surface area contributed by atoms with E-state index in [4.69, 9.17) is 7.85 Å². The zero-order valence-corrected chi connectivity index (χ0v) is 13.9. The quantitative estimate of drug-likeness (QED) is 0.439. The van der Waals surface area contributed by atoms with E-state index in [0.717, 1.165) is 5.46 Å². The lowest BCUT2D eigenvalue weighted by atomic mass is 9.88. The van der Waals surface area contributed by atoms with E-state index in [0.29, 0.717) is 0 Å². The smallest absolute Gasteiger partial charge is 0.0966 e. The molecule has 4 aromatic rings. The van der Waals surface area contributed by atoms with E-state index in [1.165, 1.54) is 33.4 Å². The zero-order chi connectivity index (χ0) is 17.1. The highest BCUT2D eigenvalue weighted by Crippen LogP contribution is 2.37. The third-order valence-corrected chi connectivity index (χ3v) is 4.45. The molecule has 0 atom stereocenters. The third-order valence-electron chi connectivity index (χ3n) is 4.45. The second-order valence-electron chi connectivity index (χ2n) is 6.08. The largest absolute Gasteiger partial charge is 0.113 e. The molecule has 4 aromatic carbocycles. The molecule has 0 aliphatic heterocycles. The third kappa shape index (κ3) is 3.14. The van der Waals surface area contributed by atoms with E-state index in [2.05, 4.69) is 91.0 Å². The number of benzene rings is 4. The van der Waals surface area contributed by atoms with Gasteiger partial charge < -0.3 is 0 Å². The van der Waals surface area contributed by atoms with E-state index < -0.39 is 0 Å². The van der Waals surface area contributed by atoms with Crippen molar-refractivity contribution in [3.63, 3.8) is 0 Å². The molecule has 0 amide bonds. The van der Waals surface area contributed by atoms with Gasteiger partial charge in [0.05, 0.1) is 0 Å². The molecule has 2 radical (unpaired) electrons. The van der Waals surface area contributed by atoms with Crippen molar-refractivity contribution in [2.75, 3.05) is 0 Å². The van der Waals surface area contributed by atoms with Crippen molar-refractivity contribution in [2.24, 2.45) is 0 Å². The van der Waals surface area contributed by atoms with Crippen LogP contribution < -0.4 is 5.46 Å². The summed E-state index contributed by atoms with van der Waals surface area (Å²) >= 11 is 0. The van der Waals surface area contributed by atoms with Gasteiger partial charge in [-0.2, -0.15) is 0 Å². The minimum absolute atomic E-state index is 0.783. The van der Waals surface area contributed by atoms with Crippen molar-refractivity contribution in [3.05, 3.63) is 103 Å². The Balaban J connectivity index is 1.91. The number of hydrogen-bond acceptors (Lipinski definition) is 0. The second-order valence-corrected chi connectivity index (χ2v) is 6.08. The first kappa shape index (κ1) is 15.5. The van der Waals surface area contributed by atoms with E-state index >= 15 is 0 Å². The lowest BCUT2D eigenvalue weighted by Crippen LogP contribution is -1.99. The summed E-state index contributed by atoms with van der Waals surface area (Å²) in [7, 11) is 5.85. The van der Waals surface area contributed by atoms with Crippen LogP contribution in [0.5, 0.6) is 0 Å². The molecule has 0 nitrogen and oxygen atoms in total. The van der Waals surface area contributed by atoms with Crippen LogP contribution in [-0.2, 0) is 0 Å². The van der Waals surface area contributed by atoms with E-state index in [-0.39, 0.29) is 0 Å². The van der Waals surface area contributed by atoms with Crippen LogP contribution in [0.4, 0.5) is 0 Å². The van der Waals surface area contributed by atoms with E-state index in [9.17, 15) is 0 Å². The Morgan fingerprint density at radius 2 is 0.760 bits per heavy atom. The molecule has 116 valence electrons. The standard InChI is InChI=1S/C24H17B/c25-20-16-14-19(15-17-20)22-11-5-7-13-24(22)23-12-6-4-10-21(23)18-8-2-1-3-9-18/h1-17H. The van der Waals surface area contributed by atoms with Gasteiger partial charge in [-0.3, -0.25) is 0 Å². The molecule has 0 saturated carbocycles. The van der Waals surface area contributed by atoms with Crippen LogP contribution in [0.3, 0.4) is 0 Å². The van der Waals surface area contributed by atoms with Crippen LogP contribution in [0, 0.1) is 0 Å². The predicted molar refractivity (Wildman–Crippen MR) is 108 cm³/mol. The van der Waals surface area contributed by atoms with Gasteiger partial charge in [-0.25, -0.2) is 0 Å². The fourth-order valence-corrected chi connectivity index (χ4v) is 3.22. The van der Waals surface area contributed by atoms with Crippen molar-refractivity contribution in [3.8, 4) is 33.4 Å². The monoisotopic (exact) mass is 316 g/mol. The Bertz CT molecular complexity index is 986. The van der Waals surface area contributed by atoms with Gasteiger partial charge >= 0.3 is 0 Å². The Labute approximate surface area is 150 Å². The molecule has 0 spiro atoms. The van der Waals surface area contributed by atoms with Crippen molar-refractivity contribution >= 4 is 13.3 Å². The van der Waals surface area contributed by atoms with Crippen LogP contribution in [0.25, 0.3) is 33.4 Å². The maximum Gasteiger partial charge on any atom is 0.113 e.